The molecule has 0 spiro atoms. The Balaban J connectivity index is 1.83. The van der Waals surface area contributed by atoms with E-state index in [4.69, 9.17) is 0 Å². The molecule has 0 aromatic carbocycles. The Morgan fingerprint density at radius 3 is 3.00 bits per heavy atom. The van der Waals surface area contributed by atoms with E-state index < -0.39 is 0 Å². The van der Waals surface area contributed by atoms with Crippen LogP contribution in [0.25, 0.3) is 5.78 Å². The lowest BCUT2D eigenvalue weighted by molar-refractivity contribution is 0.0925. The van der Waals surface area contributed by atoms with Crippen molar-refractivity contribution in [3.05, 3.63) is 48.1 Å². The molecule has 7 heteroatoms. The van der Waals surface area contributed by atoms with Crippen LogP contribution in [0, 0.1) is 6.92 Å². The van der Waals surface area contributed by atoms with E-state index in [1.165, 1.54) is 0 Å². The summed E-state index contributed by atoms with van der Waals surface area (Å²) in [6, 6.07) is 1.66. The summed E-state index contributed by atoms with van der Waals surface area (Å²) in [6.45, 7) is 3.85. The number of nitrogens with zero attached hydrogens (tertiary/aromatic N) is 4. The molecule has 0 unspecified atom stereocenters. The highest BCUT2D eigenvalue weighted by molar-refractivity contribution is 5.90. The van der Waals surface area contributed by atoms with Crippen molar-refractivity contribution in [2.24, 2.45) is 0 Å². The molecular weight excluding hydrogens is 268 g/mol. The van der Waals surface area contributed by atoms with Crippen LogP contribution >= 0.6 is 0 Å². The summed E-state index contributed by atoms with van der Waals surface area (Å²) < 4.78 is 1.83. The molecule has 1 atom stereocenters. The minimum absolute atomic E-state index is 0.176. The van der Waals surface area contributed by atoms with Crippen molar-refractivity contribution in [3.8, 4) is 0 Å². The van der Waals surface area contributed by atoms with Gasteiger partial charge in [-0.25, -0.2) is 15.0 Å². The van der Waals surface area contributed by atoms with Gasteiger partial charge in [-0.1, -0.05) is 6.92 Å². The van der Waals surface area contributed by atoms with Crippen LogP contribution in [0.5, 0.6) is 0 Å². The predicted molar refractivity (Wildman–Crippen MR) is 76.8 cm³/mol. The summed E-state index contributed by atoms with van der Waals surface area (Å²) >= 11 is 0. The highest BCUT2D eigenvalue weighted by Gasteiger charge is 2.18. The molecule has 0 saturated heterocycles. The number of aryl methyl sites for hydroxylation is 1. The van der Waals surface area contributed by atoms with Crippen LogP contribution in [-0.2, 0) is 0 Å². The Kier molecular flexibility index (Phi) is 3.39. The lowest BCUT2D eigenvalue weighted by Gasteiger charge is -2.13. The summed E-state index contributed by atoms with van der Waals surface area (Å²) in [5, 5.41) is 2.94. The maximum absolute atomic E-state index is 12.2. The Bertz CT molecular complexity index is 741. The molecule has 7 nitrogen and oxygen atoms in total. The SMILES string of the molecule is CC[C@@H](NC(=O)c1ncc(C)[nH]1)c1cn2cccnc2n1. The van der Waals surface area contributed by atoms with Gasteiger partial charge >= 0.3 is 0 Å². The zero-order valence-corrected chi connectivity index (χ0v) is 11.9. The van der Waals surface area contributed by atoms with Gasteiger partial charge in [0.2, 0.25) is 5.78 Å². The van der Waals surface area contributed by atoms with Crippen molar-refractivity contribution in [1.82, 2.24) is 29.7 Å². The number of rotatable bonds is 4. The van der Waals surface area contributed by atoms with Gasteiger partial charge < -0.3 is 10.3 Å². The van der Waals surface area contributed by atoms with E-state index >= 15 is 0 Å². The van der Waals surface area contributed by atoms with Crippen LogP contribution in [0.15, 0.2) is 30.9 Å². The van der Waals surface area contributed by atoms with Gasteiger partial charge in [-0.2, -0.15) is 0 Å². The molecule has 3 aromatic heterocycles. The number of imidazole rings is 2. The van der Waals surface area contributed by atoms with E-state index in [0.717, 1.165) is 17.8 Å². The van der Waals surface area contributed by atoms with E-state index in [9.17, 15) is 4.79 Å². The monoisotopic (exact) mass is 284 g/mol. The number of hydrogen-bond donors (Lipinski definition) is 2. The molecule has 2 N–H and O–H groups in total. The fourth-order valence-electron chi connectivity index (χ4n) is 2.16. The lowest BCUT2D eigenvalue weighted by Crippen LogP contribution is -2.29. The van der Waals surface area contributed by atoms with Crippen molar-refractivity contribution in [2.75, 3.05) is 0 Å². The van der Waals surface area contributed by atoms with Gasteiger partial charge in [0.25, 0.3) is 5.91 Å². The standard InChI is InChI=1S/C14H16N6O/c1-3-10(18-13(21)12-16-7-9(2)17-12)11-8-20-6-4-5-15-14(20)19-11/h4-8,10H,3H2,1-2H3,(H,16,17)(H,18,21)/t10-/m1/s1. The molecular formula is C14H16N6O. The normalized spacial score (nSPS) is 12.5. The third-order valence-electron chi connectivity index (χ3n) is 3.24. The molecule has 108 valence electrons. The van der Waals surface area contributed by atoms with Crippen molar-refractivity contribution in [1.29, 1.82) is 0 Å². The third kappa shape index (κ3) is 2.62. The zero-order valence-electron chi connectivity index (χ0n) is 11.9. The van der Waals surface area contributed by atoms with Crippen LogP contribution in [0.3, 0.4) is 0 Å². The molecule has 0 saturated carbocycles. The van der Waals surface area contributed by atoms with Crippen LogP contribution < -0.4 is 5.32 Å². The highest BCUT2D eigenvalue weighted by Crippen LogP contribution is 2.16. The number of hydrogen-bond acceptors (Lipinski definition) is 4. The van der Waals surface area contributed by atoms with Crippen LogP contribution in [0.4, 0.5) is 0 Å². The smallest absolute Gasteiger partial charge is 0.287 e. The lowest BCUT2D eigenvalue weighted by atomic mass is 10.1. The van der Waals surface area contributed by atoms with Crippen molar-refractivity contribution < 1.29 is 4.79 Å². The number of aromatic amines is 1. The Morgan fingerprint density at radius 2 is 2.33 bits per heavy atom. The maximum atomic E-state index is 12.2. The van der Waals surface area contributed by atoms with Crippen molar-refractivity contribution in [3.63, 3.8) is 0 Å². The molecule has 1 amide bonds. The number of aromatic nitrogens is 5. The van der Waals surface area contributed by atoms with Crippen molar-refractivity contribution >= 4 is 11.7 Å². The molecule has 3 rings (SSSR count). The molecule has 0 bridgehead atoms. The van der Waals surface area contributed by atoms with Gasteiger partial charge in [0.15, 0.2) is 5.82 Å². The molecule has 21 heavy (non-hydrogen) atoms. The van der Waals surface area contributed by atoms with E-state index in [1.807, 2.05) is 36.7 Å². The van der Waals surface area contributed by atoms with Crippen LogP contribution in [-0.4, -0.2) is 30.2 Å². The molecule has 0 radical (unpaired) electrons. The van der Waals surface area contributed by atoms with Gasteiger partial charge in [-0.3, -0.25) is 9.20 Å². The summed E-state index contributed by atoms with van der Waals surface area (Å²) in [5.41, 5.74) is 1.64. The Morgan fingerprint density at radius 1 is 1.48 bits per heavy atom. The average Bonchev–Trinajstić information content (AvgIpc) is 3.10. The number of carbonyl (C=O) groups is 1. The topological polar surface area (TPSA) is 88.0 Å². The number of H-pyrrole nitrogens is 1. The van der Waals surface area contributed by atoms with E-state index in [2.05, 4.69) is 25.3 Å². The quantitative estimate of drug-likeness (QED) is 0.762. The van der Waals surface area contributed by atoms with Gasteiger partial charge in [0.1, 0.15) is 0 Å². The zero-order chi connectivity index (χ0) is 14.8. The molecule has 0 aliphatic rings. The highest BCUT2D eigenvalue weighted by atomic mass is 16.2. The maximum Gasteiger partial charge on any atom is 0.287 e. The van der Waals surface area contributed by atoms with Crippen molar-refractivity contribution in [2.45, 2.75) is 26.3 Å². The fourth-order valence-corrected chi connectivity index (χ4v) is 2.16. The predicted octanol–water partition coefficient (Wildman–Crippen LogP) is 1.64. The fraction of sp³-hybridized carbons (Fsp3) is 0.286. The Labute approximate surface area is 121 Å². The minimum Gasteiger partial charge on any atom is -0.341 e. The summed E-state index contributed by atoms with van der Waals surface area (Å²) in [5.74, 6) is 0.696. The second-order valence-corrected chi connectivity index (χ2v) is 4.84. The molecule has 3 aromatic rings. The van der Waals surface area contributed by atoms with E-state index in [-0.39, 0.29) is 11.9 Å². The number of amides is 1. The Hall–Kier alpha value is -2.70. The van der Waals surface area contributed by atoms with Gasteiger partial charge in [-0.15, -0.1) is 0 Å². The van der Waals surface area contributed by atoms with Gasteiger partial charge in [-0.05, 0) is 19.4 Å². The van der Waals surface area contributed by atoms with E-state index in [1.54, 1.807) is 12.4 Å². The number of carbonyl (C=O) groups excluding carboxylic acids is 1. The van der Waals surface area contributed by atoms with Gasteiger partial charge in [0.05, 0.1) is 11.7 Å². The van der Waals surface area contributed by atoms with Crippen LogP contribution in [0.2, 0.25) is 0 Å². The summed E-state index contributed by atoms with van der Waals surface area (Å²) in [7, 11) is 0. The second kappa shape index (κ2) is 5.35. The summed E-state index contributed by atoms with van der Waals surface area (Å²) in [6.07, 6.45) is 7.81. The first kappa shape index (κ1) is 13.3. The third-order valence-corrected chi connectivity index (χ3v) is 3.24. The number of nitrogens with one attached hydrogen (secondary N) is 2. The minimum atomic E-state index is -0.236. The van der Waals surface area contributed by atoms with E-state index in [0.29, 0.717) is 11.6 Å². The molecule has 0 aliphatic carbocycles. The van der Waals surface area contributed by atoms with Gasteiger partial charge in [0, 0.05) is 30.5 Å². The second-order valence-electron chi connectivity index (χ2n) is 4.84. The average molecular weight is 284 g/mol. The first-order valence-corrected chi connectivity index (χ1v) is 6.79. The first-order chi connectivity index (χ1) is 10.2. The largest absolute Gasteiger partial charge is 0.341 e. The molecule has 0 fully saturated rings. The summed E-state index contributed by atoms with van der Waals surface area (Å²) in [4.78, 5) is 27.7. The first-order valence-electron chi connectivity index (χ1n) is 6.79. The molecule has 3 heterocycles. The number of fused-ring (bicyclic) bond motifs is 1. The van der Waals surface area contributed by atoms with Crippen LogP contribution in [0.1, 0.15) is 41.4 Å². The molecule has 0 aliphatic heterocycles.